The predicted octanol–water partition coefficient (Wildman–Crippen LogP) is 15.6. The summed E-state index contributed by atoms with van der Waals surface area (Å²) in [6, 6.07) is 81.2. The van der Waals surface area contributed by atoms with E-state index in [1.165, 1.54) is 5.56 Å². The van der Waals surface area contributed by atoms with E-state index < -0.39 is 0 Å². The van der Waals surface area contributed by atoms with Crippen LogP contribution in [0.4, 0.5) is 0 Å². The Morgan fingerprint density at radius 3 is 1.19 bits per heavy atom. The molecule has 0 aliphatic carbocycles. The van der Waals surface area contributed by atoms with E-state index in [4.69, 9.17) is 29.3 Å². The van der Waals surface area contributed by atoms with Gasteiger partial charge in [-0.15, -0.1) is 0 Å². The smallest absolute Gasteiger partial charge is 0.164 e. The van der Waals surface area contributed by atoms with Gasteiger partial charge in [0.1, 0.15) is 11.2 Å². The molecule has 0 atom stereocenters. The highest BCUT2D eigenvalue weighted by Crippen LogP contribution is 2.36. The fourth-order valence-electron chi connectivity index (χ4n) is 8.72. The Bertz CT molecular complexity index is 3740. The summed E-state index contributed by atoms with van der Waals surface area (Å²) in [5, 5.41) is 2.12. The lowest BCUT2D eigenvalue weighted by Crippen LogP contribution is -2.00. The number of fused-ring (bicyclic) bond motifs is 3. The lowest BCUT2D eigenvalue weighted by molar-refractivity contribution is 0.669. The van der Waals surface area contributed by atoms with Crippen LogP contribution in [0.15, 0.2) is 241 Å². The van der Waals surface area contributed by atoms with E-state index in [0.29, 0.717) is 23.3 Å². The molecule has 12 rings (SSSR count). The Morgan fingerprint density at radius 1 is 0.209 bits per heavy atom. The maximum atomic E-state index is 6.31. The third-order valence-electron chi connectivity index (χ3n) is 12.2. The van der Waals surface area contributed by atoms with Crippen LogP contribution in [0.25, 0.3) is 123 Å². The van der Waals surface area contributed by atoms with Gasteiger partial charge in [-0.05, 0) is 75.8 Å². The van der Waals surface area contributed by atoms with Crippen molar-refractivity contribution in [3.05, 3.63) is 237 Å². The van der Waals surface area contributed by atoms with Crippen LogP contribution in [0.1, 0.15) is 0 Å². The molecule has 6 heteroatoms. The van der Waals surface area contributed by atoms with Crippen molar-refractivity contribution >= 4 is 21.9 Å². The van der Waals surface area contributed by atoms with Crippen molar-refractivity contribution in [3.8, 4) is 101 Å². The number of aromatic nitrogens is 5. The highest BCUT2D eigenvalue weighted by Gasteiger charge is 2.17. The Morgan fingerprint density at radius 2 is 0.582 bits per heavy atom. The first-order chi connectivity index (χ1) is 33.1. The SMILES string of the molecule is c1ccc(-c2ccc(-c3nc(-c4ccccc4)cc(-c4cccc(-c5cccc(-c6nc(-c7cccc(-c8ccccc8)c7)nc(-c7ccc8c(c7)oc7ccccc78)n6)c5)c4)n3)cc2)cc1. The molecule has 0 amide bonds. The fourth-order valence-corrected chi connectivity index (χ4v) is 8.72. The largest absolute Gasteiger partial charge is 0.456 e. The van der Waals surface area contributed by atoms with Gasteiger partial charge in [-0.2, -0.15) is 0 Å². The molecular weight excluding hydrogens is 819 g/mol. The van der Waals surface area contributed by atoms with E-state index in [1.54, 1.807) is 0 Å². The Balaban J connectivity index is 0.940. The second-order valence-corrected chi connectivity index (χ2v) is 16.5. The second-order valence-electron chi connectivity index (χ2n) is 16.5. The zero-order valence-corrected chi connectivity index (χ0v) is 36.2. The molecule has 0 saturated carbocycles. The van der Waals surface area contributed by atoms with Gasteiger partial charge in [-0.25, -0.2) is 24.9 Å². The topological polar surface area (TPSA) is 77.6 Å². The molecular formula is C61H39N5O. The lowest BCUT2D eigenvalue weighted by atomic mass is 9.99. The molecule has 0 bridgehead atoms. The molecule has 0 unspecified atom stereocenters. The van der Waals surface area contributed by atoms with Gasteiger partial charge in [0.25, 0.3) is 0 Å². The van der Waals surface area contributed by atoms with Crippen LogP contribution in [0, 0.1) is 0 Å². The van der Waals surface area contributed by atoms with Crippen LogP contribution in [0.5, 0.6) is 0 Å². The molecule has 67 heavy (non-hydrogen) atoms. The van der Waals surface area contributed by atoms with Crippen molar-refractivity contribution in [2.24, 2.45) is 0 Å². The summed E-state index contributed by atoms with van der Waals surface area (Å²) in [5.41, 5.74) is 15.4. The first-order valence-electron chi connectivity index (χ1n) is 22.3. The number of benzene rings is 9. The molecule has 0 saturated heterocycles. The van der Waals surface area contributed by atoms with E-state index in [-0.39, 0.29) is 0 Å². The Labute approximate surface area is 387 Å². The maximum Gasteiger partial charge on any atom is 0.164 e. The van der Waals surface area contributed by atoms with Crippen LogP contribution in [-0.4, -0.2) is 24.9 Å². The highest BCUT2D eigenvalue weighted by molar-refractivity contribution is 6.05. The van der Waals surface area contributed by atoms with Crippen molar-refractivity contribution < 1.29 is 4.42 Å². The third kappa shape index (κ3) is 7.94. The zero-order valence-electron chi connectivity index (χ0n) is 36.2. The standard InChI is InChI=1S/C61H39N5O/c1-4-15-40(16-5-1)42-29-31-44(32-30-42)58-62-54(43-19-8-3-9-20-43)39-55(63-58)48-24-12-22-46(35-48)47-23-14-26-50(37-47)60-64-59(49-25-13-21-45(36-49)41-17-6-2-7-18-41)65-61(66-60)51-33-34-53-52-27-10-11-28-56(52)67-57(53)38-51/h1-39H. The number of hydrogen-bond donors (Lipinski definition) is 0. The summed E-state index contributed by atoms with van der Waals surface area (Å²) in [7, 11) is 0. The number of rotatable bonds is 9. The van der Waals surface area contributed by atoms with Gasteiger partial charge in [0.05, 0.1) is 11.4 Å². The average molecular weight is 858 g/mol. The number of nitrogens with zero attached hydrogens (tertiary/aromatic N) is 5. The van der Waals surface area contributed by atoms with E-state index in [9.17, 15) is 0 Å². The minimum atomic E-state index is 0.559. The highest BCUT2D eigenvalue weighted by atomic mass is 16.3. The molecule has 0 aliphatic rings. The Kier molecular flexibility index (Phi) is 10.1. The number of furan rings is 1. The minimum absolute atomic E-state index is 0.559. The molecule has 3 aromatic heterocycles. The summed E-state index contributed by atoms with van der Waals surface area (Å²) in [6.07, 6.45) is 0. The van der Waals surface area contributed by atoms with Crippen molar-refractivity contribution in [1.29, 1.82) is 0 Å². The molecule has 0 spiro atoms. The minimum Gasteiger partial charge on any atom is -0.456 e. The number of hydrogen-bond acceptors (Lipinski definition) is 6. The molecule has 12 aromatic rings. The summed E-state index contributed by atoms with van der Waals surface area (Å²) >= 11 is 0. The molecule has 9 aromatic carbocycles. The Hall–Kier alpha value is -9.13. The van der Waals surface area contributed by atoms with Gasteiger partial charge in [-0.3, -0.25) is 0 Å². The zero-order chi connectivity index (χ0) is 44.5. The monoisotopic (exact) mass is 857 g/mol. The first kappa shape index (κ1) is 39.5. The maximum absolute atomic E-state index is 6.31. The molecule has 0 N–H and O–H groups in total. The van der Waals surface area contributed by atoms with Crippen molar-refractivity contribution in [1.82, 2.24) is 24.9 Å². The van der Waals surface area contributed by atoms with Crippen molar-refractivity contribution in [2.45, 2.75) is 0 Å². The molecule has 0 aliphatic heterocycles. The van der Waals surface area contributed by atoms with E-state index in [2.05, 4.69) is 182 Å². The van der Waals surface area contributed by atoms with Crippen LogP contribution >= 0.6 is 0 Å². The van der Waals surface area contributed by atoms with Gasteiger partial charge in [0.2, 0.25) is 0 Å². The molecule has 314 valence electrons. The molecule has 3 heterocycles. The van der Waals surface area contributed by atoms with E-state index >= 15 is 0 Å². The summed E-state index contributed by atoms with van der Waals surface area (Å²) in [6.45, 7) is 0. The summed E-state index contributed by atoms with van der Waals surface area (Å²) in [4.78, 5) is 25.7. The van der Waals surface area contributed by atoms with Gasteiger partial charge in [-0.1, -0.05) is 194 Å². The van der Waals surface area contributed by atoms with Crippen molar-refractivity contribution in [3.63, 3.8) is 0 Å². The van der Waals surface area contributed by atoms with Gasteiger partial charge in [0, 0.05) is 44.2 Å². The lowest BCUT2D eigenvalue weighted by Gasteiger charge is -2.12. The summed E-state index contributed by atoms with van der Waals surface area (Å²) in [5.74, 6) is 2.37. The second kappa shape index (κ2) is 17.1. The first-order valence-corrected chi connectivity index (χ1v) is 22.3. The van der Waals surface area contributed by atoms with Crippen LogP contribution in [0.3, 0.4) is 0 Å². The van der Waals surface area contributed by atoms with Crippen LogP contribution in [0.2, 0.25) is 0 Å². The van der Waals surface area contributed by atoms with Crippen LogP contribution < -0.4 is 0 Å². The quantitative estimate of drug-likeness (QED) is 0.144. The molecule has 0 fully saturated rings. The number of para-hydroxylation sites is 1. The van der Waals surface area contributed by atoms with Gasteiger partial charge < -0.3 is 4.42 Å². The molecule has 0 radical (unpaired) electrons. The fraction of sp³-hybridized carbons (Fsp3) is 0. The van der Waals surface area contributed by atoms with Gasteiger partial charge >= 0.3 is 0 Å². The van der Waals surface area contributed by atoms with Gasteiger partial charge in [0.15, 0.2) is 23.3 Å². The van der Waals surface area contributed by atoms with E-state index in [0.717, 1.165) is 94.5 Å². The predicted molar refractivity (Wildman–Crippen MR) is 272 cm³/mol. The van der Waals surface area contributed by atoms with Crippen molar-refractivity contribution in [2.75, 3.05) is 0 Å². The van der Waals surface area contributed by atoms with Crippen LogP contribution in [-0.2, 0) is 0 Å². The normalized spacial score (nSPS) is 11.3. The third-order valence-corrected chi connectivity index (χ3v) is 12.2. The van der Waals surface area contributed by atoms with E-state index in [1.807, 2.05) is 54.6 Å². The molecule has 6 nitrogen and oxygen atoms in total. The summed E-state index contributed by atoms with van der Waals surface area (Å²) < 4.78 is 6.31. The average Bonchev–Trinajstić information content (AvgIpc) is 3.80.